The van der Waals surface area contributed by atoms with E-state index in [1.165, 1.54) is 18.4 Å². The molecule has 0 saturated heterocycles. The smallest absolute Gasteiger partial charge is 0.220 e. The van der Waals surface area contributed by atoms with Crippen LogP contribution in [0.3, 0.4) is 0 Å². The number of hydrogen-bond donors (Lipinski definition) is 2. The van der Waals surface area contributed by atoms with Gasteiger partial charge in [-0.2, -0.15) is 0 Å². The van der Waals surface area contributed by atoms with Crippen molar-refractivity contribution in [3.05, 3.63) is 35.9 Å². The molecule has 1 aliphatic carbocycles. The van der Waals surface area contributed by atoms with Crippen molar-refractivity contribution in [1.29, 1.82) is 0 Å². The van der Waals surface area contributed by atoms with E-state index in [1.807, 2.05) is 18.2 Å². The lowest BCUT2D eigenvalue weighted by Gasteiger charge is -2.14. The summed E-state index contributed by atoms with van der Waals surface area (Å²) in [6, 6.07) is 10.3. The van der Waals surface area contributed by atoms with Crippen LogP contribution in [0.25, 0.3) is 0 Å². The second-order valence-electron chi connectivity index (χ2n) is 5.32. The SMILES string of the molecule is CC(CC(=O)NCC(N)C1CC1)c1ccccc1. The van der Waals surface area contributed by atoms with Crippen LogP contribution in [-0.4, -0.2) is 18.5 Å². The Hall–Kier alpha value is -1.35. The van der Waals surface area contributed by atoms with Gasteiger partial charge >= 0.3 is 0 Å². The fourth-order valence-electron chi connectivity index (χ4n) is 2.17. The maximum Gasteiger partial charge on any atom is 0.220 e. The Labute approximate surface area is 109 Å². The fourth-order valence-corrected chi connectivity index (χ4v) is 2.17. The lowest BCUT2D eigenvalue weighted by atomic mass is 9.97. The summed E-state index contributed by atoms with van der Waals surface area (Å²) in [6.45, 7) is 2.70. The molecule has 1 fully saturated rings. The predicted molar refractivity (Wildman–Crippen MR) is 73.2 cm³/mol. The van der Waals surface area contributed by atoms with Gasteiger partial charge in [0.15, 0.2) is 0 Å². The topological polar surface area (TPSA) is 55.1 Å². The highest BCUT2D eigenvalue weighted by Crippen LogP contribution is 2.31. The van der Waals surface area contributed by atoms with Gasteiger partial charge in [-0.05, 0) is 30.2 Å². The molecule has 2 rings (SSSR count). The molecule has 0 bridgehead atoms. The Balaban J connectivity index is 1.73. The third-order valence-electron chi connectivity index (χ3n) is 3.62. The van der Waals surface area contributed by atoms with E-state index in [4.69, 9.17) is 5.73 Å². The predicted octanol–water partition coefficient (Wildman–Crippen LogP) is 2.03. The van der Waals surface area contributed by atoms with Gasteiger partial charge in [-0.25, -0.2) is 0 Å². The van der Waals surface area contributed by atoms with Gasteiger partial charge < -0.3 is 11.1 Å². The number of carbonyl (C=O) groups is 1. The Bertz CT molecular complexity index is 387. The molecule has 3 heteroatoms. The summed E-state index contributed by atoms with van der Waals surface area (Å²) in [4.78, 5) is 11.8. The molecular weight excluding hydrogens is 224 g/mol. The van der Waals surface area contributed by atoms with E-state index in [9.17, 15) is 4.79 Å². The first-order valence-corrected chi connectivity index (χ1v) is 6.74. The highest BCUT2D eigenvalue weighted by molar-refractivity contribution is 5.76. The standard InChI is InChI=1S/C15H22N2O/c1-11(12-5-3-2-4-6-12)9-15(18)17-10-14(16)13-7-8-13/h2-6,11,13-14H,7-10,16H2,1H3,(H,17,18). The molecule has 18 heavy (non-hydrogen) atoms. The summed E-state index contributed by atoms with van der Waals surface area (Å²) >= 11 is 0. The highest BCUT2D eigenvalue weighted by Gasteiger charge is 2.28. The summed E-state index contributed by atoms with van der Waals surface area (Å²) in [5.74, 6) is 0.989. The van der Waals surface area contributed by atoms with E-state index in [2.05, 4.69) is 24.4 Å². The average Bonchev–Trinajstić information content (AvgIpc) is 3.21. The molecule has 0 aliphatic heterocycles. The van der Waals surface area contributed by atoms with Gasteiger partial charge in [0.2, 0.25) is 5.91 Å². The molecule has 3 nitrogen and oxygen atoms in total. The highest BCUT2D eigenvalue weighted by atomic mass is 16.1. The van der Waals surface area contributed by atoms with E-state index in [-0.39, 0.29) is 17.9 Å². The molecule has 0 radical (unpaired) electrons. The van der Waals surface area contributed by atoms with Gasteiger partial charge in [-0.1, -0.05) is 37.3 Å². The molecule has 2 atom stereocenters. The molecule has 98 valence electrons. The number of nitrogens with one attached hydrogen (secondary N) is 1. The fraction of sp³-hybridized carbons (Fsp3) is 0.533. The van der Waals surface area contributed by atoms with Crippen LogP contribution in [0.15, 0.2) is 30.3 Å². The first-order chi connectivity index (χ1) is 8.66. The van der Waals surface area contributed by atoms with Crippen LogP contribution in [0.5, 0.6) is 0 Å². The van der Waals surface area contributed by atoms with Crippen LogP contribution in [0.4, 0.5) is 0 Å². The van der Waals surface area contributed by atoms with Crippen LogP contribution in [0.1, 0.15) is 37.7 Å². The second kappa shape index (κ2) is 6.01. The van der Waals surface area contributed by atoms with Crippen molar-refractivity contribution in [3.8, 4) is 0 Å². The minimum atomic E-state index is 0.0995. The zero-order chi connectivity index (χ0) is 13.0. The minimum absolute atomic E-state index is 0.0995. The van der Waals surface area contributed by atoms with Crippen molar-refractivity contribution in [3.63, 3.8) is 0 Å². The van der Waals surface area contributed by atoms with Crippen LogP contribution < -0.4 is 11.1 Å². The van der Waals surface area contributed by atoms with Crippen molar-refractivity contribution in [2.45, 2.75) is 38.1 Å². The Morgan fingerprint density at radius 1 is 1.39 bits per heavy atom. The molecule has 0 spiro atoms. The van der Waals surface area contributed by atoms with E-state index in [0.29, 0.717) is 18.9 Å². The van der Waals surface area contributed by atoms with E-state index in [1.54, 1.807) is 0 Å². The van der Waals surface area contributed by atoms with Crippen molar-refractivity contribution >= 4 is 5.91 Å². The Morgan fingerprint density at radius 3 is 2.67 bits per heavy atom. The molecule has 0 heterocycles. The summed E-state index contributed by atoms with van der Waals surface area (Å²) in [5.41, 5.74) is 7.16. The van der Waals surface area contributed by atoms with Crippen molar-refractivity contribution in [2.75, 3.05) is 6.54 Å². The maximum atomic E-state index is 11.8. The Kier molecular flexibility index (Phi) is 4.37. The zero-order valence-corrected chi connectivity index (χ0v) is 10.9. The average molecular weight is 246 g/mol. The number of rotatable bonds is 6. The molecule has 1 saturated carbocycles. The molecule has 1 aromatic rings. The van der Waals surface area contributed by atoms with Gasteiger partial charge in [-0.15, -0.1) is 0 Å². The molecule has 1 amide bonds. The Morgan fingerprint density at radius 2 is 2.06 bits per heavy atom. The number of hydrogen-bond acceptors (Lipinski definition) is 2. The third kappa shape index (κ3) is 3.84. The summed E-state index contributed by atoms with van der Waals surface area (Å²) in [7, 11) is 0. The molecule has 0 aromatic heterocycles. The van der Waals surface area contributed by atoms with Crippen LogP contribution in [-0.2, 0) is 4.79 Å². The quantitative estimate of drug-likeness (QED) is 0.807. The second-order valence-corrected chi connectivity index (χ2v) is 5.32. The molecule has 1 aromatic carbocycles. The minimum Gasteiger partial charge on any atom is -0.355 e. The lowest BCUT2D eigenvalue weighted by Crippen LogP contribution is -2.38. The van der Waals surface area contributed by atoms with Crippen molar-refractivity contribution in [1.82, 2.24) is 5.32 Å². The lowest BCUT2D eigenvalue weighted by molar-refractivity contribution is -0.121. The zero-order valence-electron chi connectivity index (χ0n) is 10.9. The number of carbonyl (C=O) groups excluding carboxylic acids is 1. The van der Waals surface area contributed by atoms with Gasteiger partial charge in [0.05, 0.1) is 0 Å². The monoisotopic (exact) mass is 246 g/mol. The largest absolute Gasteiger partial charge is 0.355 e. The van der Waals surface area contributed by atoms with Crippen molar-refractivity contribution in [2.24, 2.45) is 11.7 Å². The summed E-state index contributed by atoms with van der Waals surface area (Å²) in [6.07, 6.45) is 2.97. The normalized spacial score (nSPS) is 18.1. The van der Waals surface area contributed by atoms with Gasteiger partial charge in [-0.3, -0.25) is 4.79 Å². The van der Waals surface area contributed by atoms with Crippen LogP contribution in [0.2, 0.25) is 0 Å². The van der Waals surface area contributed by atoms with Gasteiger partial charge in [0, 0.05) is 19.0 Å². The molecule has 2 unspecified atom stereocenters. The number of benzene rings is 1. The third-order valence-corrected chi connectivity index (χ3v) is 3.62. The van der Waals surface area contributed by atoms with Crippen molar-refractivity contribution < 1.29 is 4.79 Å². The molecule has 1 aliphatic rings. The van der Waals surface area contributed by atoms with E-state index < -0.39 is 0 Å². The first-order valence-electron chi connectivity index (χ1n) is 6.74. The van der Waals surface area contributed by atoms with Gasteiger partial charge in [0.1, 0.15) is 0 Å². The van der Waals surface area contributed by atoms with Crippen LogP contribution >= 0.6 is 0 Å². The summed E-state index contributed by atoms with van der Waals surface area (Å²) in [5, 5.41) is 2.94. The van der Waals surface area contributed by atoms with E-state index in [0.717, 1.165) is 0 Å². The maximum absolute atomic E-state index is 11.8. The summed E-state index contributed by atoms with van der Waals surface area (Å²) < 4.78 is 0. The number of nitrogens with two attached hydrogens (primary N) is 1. The molecule has 3 N–H and O–H groups in total. The molecular formula is C15H22N2O. The number of amides is 1. The first kappa shape index (κ1) is 13.1. The van der Waals surface area contributed by atoms with Gasteiger partial charge in [0.25, 0.3) is 0 Å². The van der Waals surface area contributed by atoms with E-state index >= 15 is 0 Å². The van der Waals surface area contributed by atoms with Crippen LogP contribution in [0, 0.1) is 5.92 Å².